The van der Waals surface area contributed by atoms with Crippen LogP contribution in [0.3, 0.4) is 0 Å². The Balaban J connectivity index is 1.65. The molecule has 3 rings (SSSR count). The van der Waals surface area contributed by atoms with Crippen molar-refractivity contribution in [3.63, 3.8) is 0 Å². The number of carbonyl (C=O) groups is 1. The molecule has 0 aromatic heterocycles. The Morgan fingerprint density at radius 1 is 1.38 bits per heavy atom. The van der Waals surface area contributed by atoms with Gasteiger partial charge in [0, 0.05) is 25.3 Å². The van der Waals surface area contributed by atoms with Gasteiger partial charge in [-0.05, 0) is 36.0 Å². The van der Waals surface area contributed by atoms with Crippen molar-refractivity contribution < 1.29 is 4.79 Å². The van der Waals surface area contributed by atoms with Gasteiger partial charge in [-0.3, -0.25) is 0 Å². The van der Waals surface area contributed by atoms with Gasteiger partial charge in [-0.2, -0.15) is 0 Å². The largest absolute Gasteiger partial charge is 0.324 e. The van der Waals surface area contributed by atoms with E-state index in [1.807, 2.05) is 13.1 Å². The van der Waals surface area contributed by atoms with E-state index in [1.54, 1.807) is 4.90 Å². The van der Waals surface area contributed by atoms with Gasteiger partial charge in [0.1, 0.15) is 0 Å². The molecule has 1 unspecified atom stereocenters. The number of rotatable bonds is 4. The fourth-order valence-corrected chi connectivity index (χ4v) is 3.52. The van der Waals surface area contributed by atoms with Crippen molar-refractivity contribution in [2.45, 2.75) is 51.1 Å². The summed E-state index contributed by atoms with van der Waals surface area (Å²) in [6, 6.07) is 6.28. The van der Waals surface area contributed by atoms with Gasteiger partial charge in [0.05, 0.1) is 0 Å². The van der Waals surface area contributed by atoms with Crippen molar-refractivity contribution >= 4 is 11.7 Å². The zero-order valence-corrected chi connectivity index (χ0v) is 12.8. The van der Waals surface area contributed by atoms with Gasteiger partial charge in [0.25, 0.3) is 0 Å². The van der Waals surface area contributed by atoms with Crippen LogP contribution in [-0.4, -0.2) is 18.0 Å². The lowest BCUT2D eigenvalue weighted by Crippen LogP contribution is -2.35. The summed E-state index contributed by atoms with van der Waals surface area (Å²) in [6.45, 7) is 0.657. The van der Waals surface area contributed by atoms with Crippen LogP contribution in [-0.2, 0) is 6.54 Å². The molecule has 1 fully saturated rings. The average Bonchev–Trinajstić information content (AvgIpc) is 2.99. The first-order valence-electron chi connectivity index (χ1n) is 8.04. The molecule has 1 aromatic carbocycles. The lowest BCUT2D eigenvalue weighted by atomic mass is 9.94. The summed E-state index contributed by atoms with van der Waals surface area (Å²) in [5.41, 5.74) is 9.64. The summed E-state index contributed by atoms with van der Waals surface area (Å²) in [7, 11) is 1.81. The zero-order valence-electron chi connectivity index (χ0n) is 12.8. The van der Waals surface area contributed by atoms with Gasteiger partial charge in [-0.15, -0.1) is 0 Å². The number of nitrogens with one attached hydrogen (secondary N) is 1. The molecule has 0 radical (unpaired) electrons. The Labute approximate surface area is 126 Å². The average molecular weight is 287 g/mol. The minimum Gasteiger partial charge on any atom is -0.324 e. The van der Waals surface area contributed by atoms with Crippen LogP contribution in [0.15, 0.2) is 18.2 Å². The number of benzene rings is 1. The third-order valence-corrected chi connectivity index (χ3v) is 4.91. The van der Waals surface area contributed by atoms with Crippen molar-refractivity contribution in [1.29, 1.82) is 0 Å². The van der Waals surface area contributed by atoms with Crippen molar-refractivity contribution in [2.75, 3.05) is 12.4 Å². The van der Waals surface area contributed by atoms with Gasteiger partial charge in [0.15, 0.2) is 0 Å². The standard InChI is InChI=1S/C17H25N3O/c1-20-11-14-10-13(7-9-16(14)19-17(20)21)15(18)8-6-12-4-2-3-5-12/h7,9-10,12,15H,2-6,8,11,18H2,1H3,(H,19,21). The highest BCUT2D eigenvalue weighted by Crippen LogP contribution is 2.32. The van der Waals surface area contributed by atoms with Crippen LogP contribution in [0.25, 0.3) is 0 Å². The SMILES string of the molecule is CN1Cc2cc(C(N)CCC3CCCC3)ccc2NC1=O. The Morgan fingerprint density at radius 3 is 2.90 bits per heavy atom. The topological polar surface area (TPSA) is 58.4 Å². The maximum atomic E-state index is 11.6. The van der Waals surface area contributed by atoms with E-state index < -0.39 is 0 Å². The van der Waals surface area contributed by atoms with E-state index in [0.29, 0.717) is 6.54 Å². The molecule has 2 amide bonds. The minimum absolute atomic E-state index is 0.0409. The highest BCUT2D eigenvalue weighted by atomic mass is 16.2. The third-order valence-electron chi connectivity index (χ3n) is 4.91. The Kier molecular flexibility index (Phi) is 4.15. The molecule has 1 saturated carbocycles. The van der Waals surface area contributed by atoms with E-state index in [0.717, 1.165) is 23.6 Å². The number of carbonyl (C=O) groups excluding carboxylic acids is 1. The van der Waals surface area contributed by atoms with Crippen LogP contribution in [0.2, 0.25) is 0 Å². The molecule has 1 heterocycles. The molecule has 4 nitrogen and oxygen atoms in total. The summed E-state index contributed by atoms with van der Waals surface area (Å²) in [4.78, 5) is 13.3. The van der Waals surface area contributed by atoms with E-state index in [1.165, 1.54) is 37.7 Å². The van der Waals surface area contributed by atoms with Gasteiger partial charge in [-0.25, -0.2) is 4.79 Å². The number of nitrogens with zero attached hydrogens (tertiary/aromatic N) is 1. The van der Waals surface area contributed by atoms with E-state index >= 15 is 0 Å². The smallest absolute Gasteiger partial charge is 0.321 e. The van der Waals surface area contributed by atoms with Crippen molar-refractivity contribution in [3.8, 4) is 0 Å². The van der Waals surface area contributed by atoms with Crippen molar-refractivity contribution in [1.82, 2.24) is 4.90 Å². The first-order chi connectivity index (χ1) is 10.1. The second kappa shape index (κ2) is 6.06. The summed E-state index contributed by atoms with van der Waals surface area (Å²) >= 11 is 0. The number of anilines is 1. The van der Waals surface area contributed by atoms with Crippen LogP contribution in [0, 0.1) is 5.92 Å². The summed E-state index contributed by atoms with van der Waals surface area (Å²) < 4.78 is 0. The number of fused-ring (bicyclic) bond motifs is 1. The van der Waals surface area contributed by atoms with Gasteiger partial charge in [0.2, 0.25) is 0 Å². The molecule has 1 atom stereocenters. The van der Waals surface area contributed by atoms with Gasteiger partial charge >= 0.3 is 6.03 Å². The third kappa shape index (κ3) is 3.21. The first kappa shape index (κ1) is 14.4. The normalized spacial score (nSPS) is 20.3. The number of urea groups is 1. The lowest BCUT2D eigenvalue weighted by Gasteiger charge is -2.27. The lowest BCUT2D eigenvalue weighted by molar-refractivity contribution is 0.218. The molecule has 21 heavy (non-hydrogen) atoms. The van der Waals surface area contributed by atoms with Crippen LogP contribution < -0.4 is 11.1 Å². The van der Waals surface area contributed by atoms with Crippen LogP contribution in [0.1, 0.15) is 55.7 Å². The maximum absolute atomic E-state index is 11.6. The predicted molar refractivity (Wildman–Crippen MR) is 85.0 cm³/mol. The quantitative estimate of drug-likeness (QED) is 0.888. The van der Waals surface area contributed by atoms with Crippen LogP contribution in [0.5, 0.6) is 0 Å². The number of amides is 2. The molecule has 3 N–H and O–H groups in total. The molecule has 1 aliphatic carbocycles. The Bertz CT molecular complexity index is 523. The Hall–Kier alpha value is -1.55. The Morgan fingerprint density at radius 2 is 2.14 bits per heavy atom. The molecule has 1 aromatic rings. The molecule has 4 heteroatoms. The van der Waals surface area contributed by atoms with Crippen LogP contribution >= 0.6 is 0 Å². The summed E-state index contributed by atoms with van der Waals surface area (Å²) in [5, 5.41) is 2.90. The van der Waals surface area contributed by atoms with Crippen molar-refractivity contribution in [2.24, 2.45) is 11.7 Å². The van der Waals surface area contributed by atoms with Gasteiger partial charge in [-0.1, -0.05) is 37.8 Å². The molecular formula is C17H25N3O. The highest BCUT2D eigenvalue weighted by Gasteiger charge is 2.21. The predicted octanol–water partition coefficient (Wildman–Crippen LogP) is 3.63. The van der Waals surface area contributed by atoms with E-state index in [-0.39, 0.29) is 12.1 Å². The maximum Gasteiger partial charge on any atom is 0.321 e. The fourth-order valence-electron chi connectivity index (χ4n) is 3.52. The summed E-state index contributed by atoms with van der Waals surface area (Å²) in [5.74, 6) is 0.888. The monoisotopic (exact) mass is 287 g/mol. The number of hydrogen-bond acceptors (Lipinski definition) is 2. The number of nitrogens with two attached hydrogens (primary N) is 1. The second-order valence-electron chi connectivity index (χ2n) is 6.54. The molecule has 0 bridgehead atoms. The minimum atomic E-state index is -0.0409. The fraction of sp³-hybridized carbons (Fsp3) is 0.588. The molecule has 1 aliphatic heterocycles. The van der Waals surface area contributed by atoms with Gasteiger partial charge < -0.3 is 16.0 Å². The molecule has 2 aliphatic rings. The molecular weight excluding hydrogens is 262 g/mol. The van der Waals surface area contributed by atoms with Crippen molar-refractivity contribution in [3.05, 3.63) is 29.3 Å². The van der Waals surface area contributed by atoms with E-state index in [2.05, 4.69) is 17.4 Å². The van der Waals surface area contributed by atoms with E-state index in [9.17, 15) is 4.79 Å². The molecule has 0 spiro atoms. The highest BCUT2D eigenvalue weighted by molar-refractivity contribution is 5.92. The molecule has 0 saturated heterocycles. The summed E-state index contributed by atoms with van der Waals surface area (Å²) in [6.07, 6.45) is 7.86. The van der Waals surface area contributed by atoms with E-state index in [4.69, 9.17) is 5.73 Å². The first-order valence-corrected chi connectivity index (χ1v) is 8.04. The second-order valence-corrected chi connectivity index (χ2v) is 6.54. The van der Waals surface area contributed by atoms with Crippen LogP contribution in [0.4, 0.5) is 10.5 Å². The zero-order chi connectivity index (χ0) is 14.8. The molecule has 114 valence electrons. The number of hydrogen-bond donors (Lipinski definition) is 2.